The number of hydrogen-bond acceptors (Lipinski definition) is 3. The highest BCUT2D eigenvalue weighted by molar-refractivity contribution is 9.10. The van der Waals surface area contributed by atoms with E-state index in [-0.39, 0.29) is 17.8 Å². The molecule has 1 amide bonds. The first-order valence-corrected chi connectivity index (χ1v) is 8.93. The molecule has 1 saturated heterocycles. The summed E-state index contributed by atoms with van der Waals surface area (Å²) in [5, 5.41) is 3.05. The first-order chi connectivity index (χ1) is 11.0. The molecule has 0 aromatic heterocycles. The van der Waals surface area contributed by atoms with E-state index < -0.39 is 6.10 Å². The van der Waals surface area contributed by atoms with Crippen LogP contribution in [0.3, 0.4) is 0 Å². The van der Waals surface area contributed by atoms with Crippen molar-refractivity contribution in [3.63, 3.8) is 0 Å². The largest absolute Gasteiger partial charge is 0.480 e. The van der Waals surface area contributed by atoms with E-state index in [1.165, 1.54) is 18.2 Å². The normalized spacial score (nSPS) is 17.7. The van der Waals surface area contributed by atoms with Crippen LogP contribution in [0, 0.1) is 5.82 Å². The number of nitrogens with one attached hydrogen (secondary N) is 1. The van der Waals surface area contributed by atoms with Crippen molar-refractivity contribution in [1.82, 2.24) is 10.2 Å². The minimum atomic E-state index is -0.620. The van der Waals surface area contributed by atoms with Gasteiger partial charge in [-0.3, -0.25) is 4.79 Å². The number of hydrogen-bond donors (Lipinski definition) is 1. The molecule has 0 spiro atoms. The van der Waals surface area contributed by atoms with E-state index in [0.717, 1.165) is 38.9 Å². The average molecular weight is 387 g/mol. The van der Waals surface area contributed by atoms with Crippen LogP contribution in [0.25, 0.3) is 0 Å². The Morgan fingerprint density at radius 1 is 1.48 bits per heavy atom. The van der Waals surface area contributed by atoms with E-state index >= 15 is 0 Å². The zero-order valence-corrected chi connectivity index (χ0v) is 15.2. The Hall–Kier alpha value is -1.14. The second-order valence-corrected chi connectivity index (χ2v) is 6.81. The summed E-state index contributed by atoms with van der Waals surface area (Å²) < 4.78 is 19.2. The van der Waals surface area contributed by atoms with E-state index in [1.54, 1.807) is 6.92 Å². The molecule has 1 atom stereocenters. The van der Waals surface area contributed by atoms with Crippen molar-refractivity contribution in [2.75, 3.05) is 19.6 Å². The van der Waals surface area contributed by atoms with E-state index in [0.29, 0.717) is 10.2 Å². The van der Waals surface area contributed by atoms with Crippen LogP contribution in [0.5, 0.6) is 5.75 Å². The summed E-state index contributed by atoms with van der Waals surface area (Å²) in [6.07, 6.45) is 2.48. The highest BCUT2D eigenvalue weighted by atomic mass is 79.9. The lowest BCUT2D eigenvalue weighted by Gasteiger charge is -2.32. The van der Waals surface area contributed by atoms with Gasteiger partial charge in [-0.15, -0.1) is 0 Å². The lowest BCUT2D eigenvalue weighted by Crippen LogP contribution is -2.48. The predicted molar refractivity (Wildman–Crippen MR) is 92.1 cm³/mol. The summed E-state index contributed by atoms with van der Waals surface area (Å²) in [5.41, 5.74) is 0. The van der Waals surface area contributed by atoms with Gasteiger partial charge in [-0.05, 0) is 66.9 Å². The summed E-state index contributed by atoms with van der Waals surface area (Å²) in [7, 11) is 0. The molecule has 4 nitrogen and oxygen atoms in total. The molecule has 0 bridgehead atoms. The summed E-state index contributed by atoms with van der Waals surface area (Å²) >= 11 is 3.24. The van der Waals surface area contributed by atoms with E-state index in [4.69, 9.17) is 4.74 Å². The summed E-state index contributed by atoms with van der Waals surface area (Å²) in [5.74, 6) is -0.0119. The predicted octanol–water partition coefficient (Wildman–Crippen LogP) is 3.35. The maximum absolute atomic E-state index is 13.1. The Bertz CT molecular complexity index is 533. The lowest BCUT2D eigenvalue weighted by atomic mass is 10.0. The van der Waals surface area contributed by atoms with E-state index in [2.05, 4.69) is 33.1 Å². The topological polar surface area (TPSA) is 41.6 Å². The zero-order valence-electron chi connectivity index (χ0n) is 13.6. The third-order valence-electron chi connectivity index (χ3n) is 4.04. The van der Waals surface area contributed by atoms with E-state index in [1.807, 2.05) is 0 Å². The molecule has 0 radical (unpaired) electrons. The maximum Gasteiger partial charge on any atom is 0.260 e. The van der Waals surface area contributed by atoms with Crippen molar-refractivity contribution in [1.29, 1.82) is 0 Å². The molecule has 6 heteroatoms. The molecule has 1 aromatic carbocycles. The minimum absolute atomic E-state index is 0.129. The van der Waals surface area contributed by atoms with Gasteiger partial charge in [0.05, 0.1) is 4.47 Å². The van der Waals surface area contributed by atoms with Crippen LogP contribution < -0.4 is 10.1 Å². The quantitative estimate of drug-likeness (QED) is 0.814. The third kappa shape index (κ3) is 5.46. The van der Waals surface area contributed by atoms with Gasteiger partial charge in [0.2, 0.25) is 0 Å². The Morgan fingerprint density at radius 2 is 2.17 bits per heavy atom. The number of likely N-dealkylation sites (tertiary alicyclic amines) is 1. The molecule has 1 aromatic rings. The number of piperidine rings is 1. The molecule has 2 rings (SSSR count). The van der Waals surface area contributed by atoms with Crippen LogP contribution >= 0.6 is 15.9 Å². The number of rotatable bonds is 6. The summed E-state index contributed by atoms with van der Waals surface area (Å²) in [6.45, 7) is 7.06. The van der Waals surface area contributed by atoms with Gasteiger partial charge in [-0.2, -0.15) is 0 Å². The van der Waals surface area contributed by atoms with Gasteiger partial charge >= 0.3 is 0 Å². The van der Waals surface area contributed by atoms with Gasteiger partial charge in [0.15, 0.2) is 6.10 Å². The number of ether oxygens (including phenoxy) is 1. The number of halogens is 2. The van der Waals surface area contributed by atoms with Gasteiger partial charge in [-0.1, -0.05) is 6.92 Å². The molecule has 23 heavy (non-hydrogen) atoms. The van der Waals surface area contributed by atoms with Gasteiger partial charge in [-0.25, -0.2) is 4.39 Å². The van der Waals surface area contributed by atoms with Crippen LogP contribution in [0.2, 0.25) is 0 Å². The molecule has 128 valence electrons. The average Bonchev–Trinajstić information content (AvgIpc) is 2.52. The molecule has 0 saturated carbocycles. The second-order valence-electron chi connectivity index (χ2n) is 5.96. The van der Waals surface area contributed by atoms with Crippen molar-refractivity contribution in [2.45, 2.75) is 45.3 Å². The lowest BCUT2D eigenvalue weighted by molar-refractivity contribution is -0.128. The second kappa shape index (κ2) is 8.64. The van der Waals surface area contributed by atoms with Gasteiger partial charge in [0.25, 0.3) is 5.91 Å². The van der Waals surface area contributed by atoms with Crippen LogP contribution in [0.4, 0.5) is 4.39 Å². The first-order valence-electron chi connectivity index (χ1n) is 8.14. The fraction of sp³-hybridized carbons (Fsp3) is 0.588. The molecule has 0 unspecified atom stereocenters. The first kappa shape index (κ1) is 18.2. The van der Waals surface area contributed by atoms with Crippen LogP contribution in [-0.2, 0) is 4.79 Å². The van der Waals surface area contributed by atoms with Crippen molar-refractivity contribution >= 4 is 21.8 Å². The number of carbonyl (C=O) groups excluding carboxylic acids is 1. The highest BCUT2D eigenvalue weighted by Crippen LogP contribution is 2.26. The Balaban J connectivity index is 1.81. The Labute approximate surface area is 145 Å². The number of carbonyl (C=O) groups is 1. The van der Waals surface area contributed by atoms with Crippen LogP contribution in [0.15, 0.2) is 22.7 Å². The van der Waals surface area contributed by atoms with Crippen molar-refractivity contribution < 1.29 is 13.9 Å². The molecular formula is C17H24BrFN2O2. The van der Waals surface area contributed by atoms with Crippen LogP contribution in [0.1, 0.15) is 33.1 Å². The third-order valence-corrected chi connectivity index (χ3v) is 4.66. The highest BCUT2D eigenvalue weighted by Gasteiger charge is 2.23. The zero-order chi connectivity index (χ0) is 16.8. The van der Waals surface area contributed by atoms with Gasteiger partial charge < -0.3 is 15.0 Å². The summed E-state index contributed by atoms with van der Waals surface area (Å²) in [4.78, 5) is 14.7. The maximum atomic E-state index is 13.1. The molecule has 1 aliphatic rings. The minimum Gasteiger partial charge on any atom is -0.480 e. The smallest absolute Gasteiger partial charge is 0.260 e. The molecule has 1 N–H and O–H groups in total. The van der Waals surface area contributed by atoms with Crippen molar-refractivity contribution in [3.05, 3.63) is 28.5 Å². The Morgan fingerprint density at radius 3 is 2.78 bits per heavy atom. The monoisotopic (exact) mass is 386 g/mol. The Kier molecular flexibility index (Phi) is 6.84. The molecular weight excluding hydrogens is 363 g/mol. The number of amides is 1. The van der Waals surface area contributed by atoms with Crippen molar-refractivity contribution in [2.24, 2.45) is 0 Å². The molecule has 1 fully saturated rings. The summed E-state index contributed by atoms with van der Waals surface area (Å²) in [6, 6.07) is 4.36. The number of nitrogens with zero attached hydrogens (tertiary/aromatic N) is 1. The van der Waals surface area contributed by atoms with E-state index in [9.17, 15) is 9.18 Å². The van der Waals surface area contributed by atoms with Crippen molar-refractivity contribution in [3.8, 4) is 5.75 Å². The molecule has 1 heterocycles. The fourth-order valence-electron chi connectivity index (χ4n) is 2.75. The van der Waals surface area contributed by atoms with Gasteiger partial charge in [0.1, 0.15) is 11.6 Å². The standard InChI is InChI=1S/C17H24BrFN2O2/c1-3-8-21-9-6-14(7-10-21)20-17(22)12(2)23-16-5-4-13(19)11-15(16)18/h4-5,11-12,14H,3,6-10H2,1-2H3,(H,20,22)/t12-/m0/s1. The SMILES string of the molecule is CCCN1CCC(NC(=O)[C@H](C)Oc2ccc(F)cc2Br)CC1. The molecule has 0 aliphatic carbocycles. The van der Waals surface area contributed by atoms with Crippen LogP contribution in [-0.4, -0.2) is 42.6 Å². The fourth-order valence-corrected chi connectivity index (χ4v) is 3.19. The van der Waals surface area contributed by atoms with Gasteiger partial charge in [0, 0.05) is 19.1 Å². The molecule has 1 aliphatic heterocycles. The number of benzene rings is 1.